The topological polar surface area (TPSA) is 58.1 Å². The highest BCUT2D eigenvalue weighted by Crippen LogP contribution is 2.32. The third-order valence-corrected chi connectivity index (χ3v) is 6.01. The van der Waals surface area contributed by atoms with Crippen LogP contribution in [0.2, 0.25) is 5.02 Å². The van der Waals surface area contributed by atoms with E-state index >= 15 is 0 Å². The Kier molecular flexibility index (Phi) is 5.41. The van der Waals surface area contributed by atoms with E-state index in [4.69, 9.17) is 11.6 Å². The van der Waals surface area contributed by atoms with Crippen molar-refractivity contribution in [1.82, 2.24) is 14.9 Å². The van der Waals surface area contributed by atoms with Crippen molar-refractivity contribution in [2.75, 3.05) is 11.9 Å². The van der Waals surface area contributed by atoms with E-state index in [1.54, 1.807) is 6.20 Å². The number of hydrogen-bond acceptors (Lipinski definition) is 4. The highest BCUT2D eigenvalue weighted by atomic mass is 35.5. The van der Waals surface area contributed by atoms with Crippen LogP contribution in [0.1, 0.15) is 47.8 Å². The summed E-state index contributed by atoms with van der Waals surface area (Å²) in [7, 11) is 0. The van der Waals surface area contributed by atoms with Crippen molar-refractivity contribution in [3.05, 3.63) is 58.4 Å². The Bertz CT molecular complexity index is 1080. The first kappa shape index (κ1) is 19.6. The zero-order valence-corrected chi connectivity index (χ0v) is 17.8. The molecule has 3 heterocycles. The van der Waals surface area contributed by atoms with Crippen LogP contribution in [0.25, 0.3) is 11.0 Å². The molecule has 0 radical (unpaired) electrons. The van der Waals surface area contributed by atoms with Crippen molar-refractivity contribution in [3.63, 3.8) is 0 Å². The number of nitrogens with one attached hydrogen (secondary N) is 1. The summed E-state index contributed by atoms with van der Waals surface area (Å²) >= 11 is 6.32. The minimum Gasteiger partial charge on any atom is -0.354 e. The fourth-order valence-electron chi connectivity index (χ4n) is 3.84. The van der Waals surface area contributed by atoms with E-state index in [2.05, 4.69) is 22.2 Å². The van der Waals surface area contributed by atoms with Gasteiger partial charge < -0.3 is 10.2 Å². The summed E-state index contributed by atoms with van der Waals surface area (Å²) in [5.74, 6) is 0.00730. The SMILES string of the molecule is Cc1ccc2c(Nc3ccc(C)c(Cl)c3)c(C(=O)N3CCCCC3C)cnc2n1. The molecule has 2 aromatic heterocycles. The van der Waals surface area contributed by atoms with Gasteiger partial charge in [-0.15, -0.1) is 0 Å². The summed E-state index contributed by atoms with van der Waals surface area (Å²) in [6.45, 7) is 6.79. The molecule has 1 aromatic carbocycles. The largest absolute Gasteiger partial charge is 0.354 e. The quantitative estimate of drug-likeness (QED) is 0.607. The van der Waals surface area contributed by atoms with Crippen molar-refractivity contribution in [2.24, 2.45) is 0 Å². The number of piperidine rings is 1. The predicted molar refractivity (Wildman–Crippen MR) is 118 cm³/mol. The van der Waals surface area contributed by atoms with Crippen LogP contribution >= 0.6 is 11.6 Å². The van der Waals surface area contributed by atoms with Gasteiger partial charge in [0.05, 0.1) is 11.3 Å². The van der Waals surface area contributed by atoms with Gasteiger partial charge in [0.15, 0.2) is 5.65 Å². The third kappa shape index (κ3) is 3.92. The van der Waals surface area contributed by atoms with Gasteiger partial charge in [-0.25, -0.2) is 9.97 Å². The van der Waals surface area contributed by atoms with Crippen LogP contribution in [-0.4, -0.2) is 33.4 Å². The average Bonchev–Trinajstić information content (AvgIpc) is 2.70. The molecular formula is C23H25ClN4O. The minimum absolute atomic E-state index is 0.00730. The van der Waals surface area contributed by atoms with Crippen LogP contribution in [0.3, 0.4) is 0 Å². The number of likely N-dealkylation sites (tertiary alicyclic amines) is 1. The van der Waals surface area contributed by atoms with Crippen molar-refractivity contribution in [3.8, 4) is 0 Å². The number of nitrogens with zero attached hydrogens (tertiary/aromatic N) is 3. The van der Waals surface area contributed by atoms with Crippen molar-refractivity contribution in [2.45, 2.75) is 46.1 Å². The van der Waals surface area contributed by atoms with Crippen molar-refractivity contribution < 1.29 is 4.79 Å². The van der Waals surface area contributed by atoms with Gasteiger partial charge in [-0.3, -0.25) is 4.79 Å². The number of rotatable bonds is 3. The number of anilines is 2. The van der Waals surface area contributed by atoms with E-state index in [1.165, 1.54) is 0 Å². The molecule has 0 spiro atoms. The molecule has 1 aliphatic heterocycles. The standard InChI is InChI=1S/C23H25ClN4O/c1-14-7-9-17(12-20(14)24)27-21-18-10-8-15(2)26-22(18)25-13-19(21)23(29)28-11-5-4-6-16(28)3/h7-10,12-13,16H,4-6,11H2,1-3H3,(H,25,26,27). The molecule has 1 amide bonds. The molecule has 4 rings (SSSR count). The first-order chi connectivity index (χ1) is 13.9. The van der Waals surface area contributed by atoms with E-state index in [0.717, 1.165) is 53.8 Å². The Balaban J connectivity index is 1.82. The number of benzene rings is 1. The Morgan fingerprint density at radius 1 is 1.21 bits per heavy atom. The van der Waals surface area contributed by atoms with Crippen LogP contribution in [0.15, 0.2) is 36.5 Å². The second-order valence-electron chi connectivity index (χ2n) is 7.80. The maximum atomic E-state index is 13.5. The lowest BCUT2D eigenvalue weighted by Gasteiger charge is -2.34. The van der Waals surface area contributed by atoms with E-state index < -0.39 is 0 Å². The van der Waals surface area contributed by atoms with Gasteiger partial charge in [0.25, 0.3) is 5.91 Å². The fraction of sp³-hybridized carbons (Fsp3) is 0.348. The molecule has 1 saturated heterocycles. The number of hydrogen-bond donors (Lipinski definition) is 1. The zero-order valence-electron chi connectivity index (χ0n) is 17.0. The molecule has 6 heteroatoms. The Labute approximate surface area is 176 Å². The second-order valence-corrected chi connectivity index (χ2v) is 8.21. The normalized spacial score (nSPS) is 16.8. The van der Waals surface area contributed by atoms with Gasteiger partial charge in [-0.2, -0.15) is 0 Å². The molecule has 1 N–H and O–H groups in total. The molecule has 0 aliphatic carbocycles. The second kappa shape index (κ2) is 7.99. The van der Waals surface area contributed by atoms with E-state index in [0.29, 0.717) is 16.2 Å². The van der Waals surface area contributed by atoms with Gasteiger partial charge >= 0.3 is 0 Å². The average molecular weight is 409 g/mol. The molecule has 1 fully saturated rings. The van der Waals surface area contributed by atoms with Crippen molar-refractivity contribution in [1.29, 1.82) is 0 Å². The first-order valence-corrected chi connectivity index (χ1v) is 10.4. The number of fused-ring (bicyclic) bond motifs is 1. The predicted octanol–water partition coefficient (Wildman–Crippen LogP) is 5.66. The number of pyridine rings is 2. The Morgan fingerprint density at radius 3 is 2.79 bits per heavy atom. The number of halogens is 1. The van der Waals surface area contributed by atoms with Crippen LogP contribution < -0.4 is 5.32 Å². The third-order valence-electron chi connectivity index (χ3n) is 5.60. The molecule has 150 valence electrons. The summed E-state index contributed by atoms with van der Waals surface area (Å²) in [6.07, 6.45) is 4.88. The maximum absolute atomic E-state index is 13.5. The molecule has 0 bridgehead atoms. The number of carbonyl (C=O) groups is 1. The van der Waals surface area contributed by atoms with E-state index in [1.807, 2.05) is 49.1 Å². The molecule has 29 heavy (non-hydrogen) atoms. The van der Waals surface area contributed by atoms with Crippen LogP contribution in [-0.2, 0) is 0 Å². The van der Waals surface area contributed by atoms with Gasteiger partial charge in [0, 0.05) is 40.6 Å². The zero-order chi connectivity index (χ0) is 20.5. The lowest BCUT2D eigenvalue weighted by Crippen LogP contribution is -2.42. The number of amides is 1. The van der Waals surface area contributed by atoms with Crippen molar-refractivity contribution >= 4 is 39.9 Å². The fourth-order valence-corrected chi connectivity index (χ4v) is 4.02. The molecule has 1 aliphatic rings. The summed E-state index contributed by atoms with van der Waals surface area (Å²) in [6, 6.07) is 9.94. The van der Waals surface area contributed by atoms with Crippen LogP contribution in [0.4, 0.5) is 11.4 Å². The Hall–Kier alpha value is -2.66. The molecule has 0 saturated carbocycles. The van der Waals surface area contributed by atoms with Gasteiger partial charge in [0.1, 0.15) is 0 Å². The highest BCUT2D eigenvalue weighted by Gasteiger charge is 2.27. The number of carbonyl (C=O) groups excluding carboxylic acids is 1. The smallest absolute Gasteiger partial charge is 0.257 e. The lowest BCUT2D eigenvalue weighted by molar-refractivity contribution is 0.0636. The number of aromatic nitrogens is 2. The maximum Gasteiger partial charge on any atom is 0.257 e. The molecule has 5 nitrogen and oxygen atoms in total. The monoisotopic (exact) mass is 408 g/mol. The summed E-state index contributed by atoms with van der Waals surface area (Å²) in [4.78, 5) is 24.4. The molecule has 1 atom stereocenters. The van der Waals surface area contributed by atoms with Gasteiger partial charge in [0.2, 0.25) is 0 Å². The summed E-state index contributed by atoms with van der Waals surface area (Å²) in [5.41, 5.74) is 4.63. The summed E-state index contributed by atoms with van der Waals surface area (Å²) in [5, 5.41) is 4.93. The van der Waals surface area contributed by atoms with Gasteiger partial charge in [-0.05, 0) is 69.9 Å². The minimum atomic E-state index is 0.00730. The first-order valence-electron chi connectivity index (χ1n) is 10.0. The molecular weight excluding hydrogens is 384 g/mol. The molecule has 3 aromatic rings. The Morgan fingerprint density at radius 2 is 2.03 bits per heavy atom. The van der Waals surface area contributed by atoms with E-state index in [-0.39, 0.29) is 11.9 Å². The summed E-state index contributed by atoms with van der Waals surface area (Å²) < 4.78 is 0. The van der Waals surface area contributed by atoms with Gasteiger partial charge in [-0.1, -0.05) is 17.7 Å². The van der Waals surface area contributed by atoms with Crippen LogP contribution in [0.5, 0.6) is 0 Å². The van der Waals surface area contributed by atoms with Crippen LogP contribution in [0, 0.1) is 13.8 Å². The highest BCUT2D eigenvalue weighted by molar-refractivity contribution is 6.31. The van der Waals surface area contributed by atoms with E-state index in [9.17, 15) is 4.79 Å². The lowest BCUT2D eigenvalue weighted by atomic mass is 10.0. The number of aryl methyl sites for hydroxylation is 2. The molecule has 1 unspecified atom stereocenters.